The third kappa shape index (κ3) is 6.12. The molecule has 4 nitrogen and oxygen atoms in total. The number of amides is 1. The average Bonchev–Trinajstić information content (AvgIpc) is 2.54. The summed E-state index contributed by atoms with van der Waals surface area (Å²) in [6.07, 6.45) is 0.188. The van der Waals surface area contributed by atoms with Crippen LogP contribution in [0.15, 0.2) is 53.0 Å². The van der Waals surface area contributed by atoms with E-state index >= 15 is 0 Å². The smallest absolute Gasteiger partial charge is 0.248 e. The van der Waals surface area contributed by atoms with E-state index in [1.807, 2.05) is 62.4 Å². The van der Waals surface area contributed by atoms with Gasteiger partial charge in [0, 0.05) is 10.2 Å². The van der Waals surface area contributed by atoms with Gasteiger partial charge in [0.25, 0.3) is 0 Å². The van der Waals surface area contributed by atoms with E-state index in [2.05, 4.69) is 21.2 Å². The van der Waals surface area contributed by atoms with Crippen LogP contribution in [0, 0.1) is 0 Å². The van der Waals surface area contributed by atoms with Gasteiger partial charge >= 0.3 is 0 Å². The van der Waals surface area contributed by atoms with E-state index in [0.717, 1.165) is 15.6 Å². The second kappa shape index (κ2) is 9.34. The molecule has 2 aromatic carbocycles. The number of carbonyl (C=O) groups is 1. The molecule has 3 N–H and O–H groups in total. The van der Waals surface area contributed by atoms with Gasteiger partial charge in [-0.3, -0.25) is 4.79 Å². The number of benzene rings is 2. The van der Waals surface area contributed by atoms with Crippen LogP contribution in [0.5, 0.6) is 0 Å². The summed E-state index contributed by atoms with van der Waals surface area (Å²) in [5.74, 6) is -0.254. The van der Waals surface area contributed by atoms with E-state index in [9.17, 15) is 4.79 Å². The highest BCUT2D eigenvalue weighted by atomic mass is 79.9. The van der Waals surface area contributed by atoms with Crippen LogP contribution in [0.25, 0.3) is 0 Å². The molecule has 0 aliphatic carbocycles. The van der Waals surface area contributed by atoms with E-state index < -0.39 is 5.54 Å². The molecule has 2 rings (SSSR count). The molecule has 2 aromatic rings. The van der Waals surface area contributed by atoms with Gasteiger partial charge in [-0.1, -0.05) is 40.2 Å². The Morgan fingerprint density at radius 3 is 2.24 bits per heavy atom. The Kier molecular flexibility index (Phi) is 8.09. The van der Waals surface area contributed by atoms with E-state index in [0.29, 0.717) is 12.3 Å². The second-order valence-electron chi connectivity index (χ2n) is 6.22. The summed E-state index contributed by atoms with van der Waals surface area (Å²) in [6, 6.07) is 15.0. The van der Waals surface area contributed by atoms with Gasteiger partial charge in [0.15, 0.2) is 0 Å². The van der Waals surface area contributed by atoms with Crippen LogP contribution in [0.3, 0.4) is 0 Å². The van der Waals surface area contributed by atoms with Crippen molar-refractivity contribution >= 4 is 39.9 Å². The lowest BCUT2D eigenvalue weighted by molar-refractivity contribution is -0.120. The zero-order chi connectivity index (χ0) is 17.7. The maximum Gasteiger partial charge on any atom is 0.248 e. The highest BCUT2D eigenvalue weighted by Gasteiger charge is 2.30. The number of carbonyl (C=O) groups excluding carboxylic acids is 1. The van der Waals surface area contributed by atoms with Crippen molar-refractivity contribution in [3.63, 3.8) is 0 Å². The zero-order valence-corrected chi connectivity index (χ0v) is 17.0. The van der Waals surface area contributed by atoms with Crippen LogP contribution in [0.4, 0.5) is 5.69 Å². The van der Waals surface area contributed by atoms with Crippen molar-refractivity contribution in [2.45, 2.75) is 39.0 Å². The third-order valence-corrected chi connectivity index (χ3v) is 4.24. The molecule has 1 atom stereocenters. The van der Waals surface area contributed by atoms with Gasteiger partial charge in [-0.05, 0) is 56.2 Å². The fraction of sp³-hybridized carbons (Fsp3) is 0.316. The van der Waals surface area contributed by atoms with Gasteiger partial charge in [-0.15, -0.1) is 12.4 Å². The van der Waals surface area contributed by atoms with Crippen LogP contribution < -0.4 is 11.1 Å². The fourth-order valence-corrected chi connectivity index (χ4v) is 2.40. The lowest BCUT2D eigenvalue weighted by Crippen LogP contribution is -2.45. The first-order valence-corrected chi connectivity index (χ1v) is 8.65. The van der Waals surface area contributed by atoms with Gasteiger partial charge < -0.3 is 15.8 Å². The normalized spacial score (nSPS) is 13.0. The SMILES string of the molecule is CC(C)OCc1ccc(NC(=O)C(C)(N)c2ccc(Br)cc2)cc1.Cl. The molecule has 6 heteroatoms. The first-order chi connectivity index (χ1) is 11.3. The van der Waals surface area contributed by atoms with Gasteiger partial charge in [-0.25, -0.2) is 0 Å². The average molecular weight is 428 g/mol. The van der Waals surface area contributed by atoms with Crippen molar-refractivity contribution < 1.29 is 9.53 Å². The van der Waals surface area contributed by atoms with Crippen molar-refractivity contribution in [3.8, 4) is 0 Å². The number of hydrogen-bond acceptors (Lipinski definition) is 3. The quantitative estimate of drug-likeness (QED) is 0.707. The maximum absolute atomic E-state index is 12.5. The van der Waals surface area contributed by atoms with Crippen LogP contribution in [-0.2, 0) is 21.7 Å². The van der Waals surface area contributed by atoms with Crippen molar-refractivity contribution in [3.05, 3.63) is 64.1 Å². The Labute approximate surface area is 163 Å². The van der Waals surface area contributed by atoms with Crippen LogP contribution in [-0.4, -0.2) is 12.0 Å². The monoisotopic (exact) mass is 426 g/mol. The molecule has 0 aliphatic rings. The standard InChI is InChI=1S/C19H23BrN2O2.ClH/c1-13(2)24-12-14-4-10-17(11-5-14)22-18(23)19(3,21)15-6-8-16(20)9-7-15;/h4-11,13H,12,21H2,1-3H3,(H,22,23);1H. The predicted molar refractivity (Wildman–Crippen MR) is 108 cm³/mol. The number of halogens is 2. The Hall–Kier alpha value is -1.40. The summed E-state index contributed by atoms with van der Waals surface area (Å²) < 4.78 is 6.51. The number of ether oxygens (including phenoxy) is 1. The van der Waals surface area contributed by atoms with E-state index in [4.69, 9.17) is 10.5 Å². The lowest BCUT2D eigenvalue weighted by atomic mass is 9.92. The summed E-state index contributed by atoms with van der Waals surface area (Å²) in [4.78, 5) is 12.5. The van der Waals surface area contributed by atoms with Gasteiger partial charge in [-0.2, -0.15) is 0 Å². The summed E-state index contributed by atoms with van der Waals surface area (Å²) >= 11 is 3.38. The largest absolute Gasteiger partial charge is 0.374 e. The van der Waals surface area contributed by atoms with E-state index in [-0.39, 0.29) is 24.4 Å². The van der Waals surface area contributed by atoms with Crippen molar-refractivity contribution in [1.29, 1.82) is 0 Å². The molecule has 0 saturated carbocycles. The van der Waals surface area contributed by atoms with Crippen molar-refractivity contribution in [2.75, 3.05) is 5.32 Å². The molecule has 0 aliphatic heterocycles. The zero-order valence-electron chi connectivity index (χ0n) is 14.6. The fourth-order valence-electron chi connectivity index (χ4n) is 2.14. The van der Waals surface area contributed by atoms with Gasteiger partial charge in [0.2, 0.25) is 5.91 Å². The number of hydrogen-bond donors (Lipinski definition) is 2. The third-order valence-electron chi connectivity index (χ3n) is 3.71. The Balaban J connectivity index is 0.00000312. The highest BCUT2D eigenvalue weighted by Crippen LogP contribution is 2.22. The molecule has 0 aromatic heterocycles. The molecule has 0 spiro atoms. The number of rotatable bonds is 6. The topological polar surface area (TPSA) is 64.3 Å². The molecule has 1 amide bonds. The Morgan fingerprint density at radius 1 is 1.16 bits per heavy atom. The maximum atomic E-state index is 12.5. The van der Waals surface area contributed by atoms with Crippen molar-refractivity contribution in [2.24, 2.45) is 5.73 Å². The van der Waals surface area contributed by atoms with Crippen molar-refractivity contribution in [1.82, 2.24) is 0 Å². The number of anilines is 1. The highest BCUT2D eigenvalue weighted by molar-refractivity contribution is 9.10. The first kappa shape index (κ1) is 21.6. The first-order valence-electron chi connectivity index (χ1n) is 7.86. The predicted octanol–water partition coefficient (Wildman–Crippen LogP) is 4.61. The number of nitrogens with one attached hydrogen (secondary N) is 1. The Bertz CT molecular complexity index is 686. The summed E-state index contributed by atoms with van der Waals surface area (Å²) in [7, 11) is 0. The van der Waals surface area contributed by atoms with Crippen LogP contribution in [0.2, 0.25) is 0 Å². The molecule has 25 heavy (non-hydrogen) atoms. The summed E-state index contributed by atoms with van der Waals surface area (Å²) in [5.41, 5.74) is 7.66. The lowest BCUT2D eigenvalue weighted by Gasteiger charge is -2.24. The minimum absolute atomic E-state index is 0. The van der Waals surface area contributed by atoms with E-state index in [1.54, 1.807) is 6.92 Å². The molecule has 0 saturated heterocycles. The summed E-state index contributed by atoms with van der Waals surface area (Å²) in [6.45, 7) is 6.26. The molecular formula is C19H24BrClN2O2. The van der Waals surface area contributed by atoms with E-state index in [1.165, 1.54) is 0 Å². The molecule has 1 unspecified atom stereocenters. The van der Waals surface area contributed by atoms with Gasteiger partial charge in [0.1, 0.15) is 5.54 Å². The molecule has 136 valence electrons. The molecular weight excluding hydrogens is 404 g/mol. The molecule has 0 fully saturated rings. The molecule has 0 heterocycles. The molecule has 0 bridgehead atoms. The molecule has 0 radical (unpaired) electrons. The second-order valence-corrected chi connectivity index (χ2v) is 7.14. The van der Waals surface area contributed by atoms with Gasteiger partial charge in [0.05, 0.1) is 12.7 Å². The minimum atomic E-state index is -1.11. The van der Waals surface area contributed by atoms with Crippen LogP contribution >= 0.6 is 28.3 Å². The number of nitrogens with two attached hydrogens (primary N) is 1. The summed E-state index contributed by atoms with van der Waals surface area (Å²) in [5, 5.41) is 2.87. The van der Waals surface area contributed by atoms with Crippen LogP contribution in [0.1, 0.15) is 31.9 Å². The Morgan fingerprint density at radius 2 is 1.72 bits per heavy atom. The minimum Gasteiger partial charge on any atom is -0.374 e.